The highest BCUT2D eigenvalue weighted by Crippen LogP contribution is 2.14. The van der Waals surface area contributed by atoms with Gasteiger partial charge in [0, 0.05) is 38.9 Å². The second-order valence-corrected chi connectivity index (χ2v) is 14.5. The van der Waals surface area contributed by atoms with E-state index in [0.29, 0.717) is 25.7 Å². The number of unbranched alkanes of at least 4 members (excludes halogenated alkanes) is 14. The molecule has 0 saturated heterocycles. The topological polar surface area (TPSA) is 271 Å². The molecular weight excluding hydrogens is 770 g/mol. The van der Waals surface area contributed by atoms with Crippen molar-refractivity contribution >= 4 is 41.9 Å². The first-order valence-corrected chi connectivity index (χ1v) is 21.6. The Balaban J connectivity index is 3.64. The first-order valence-electron chi connectivity index (χ1n) is 21.6. The molecular formula is C41H75N5O13. The van der Waals surface area contributed by atoms with Gasteiger partial charge in [0.05, 0.1) is 45.7 Å². The maximum Gasteiger partial charge on any atom is 0.326 e. The molecule has 18 heteroatoms. The van der Waals surface area contributed by atoms with Crippen LogP contribution in [0.15, 0.2) is 0 Å². The predicted octanol–water partition coefficient (Wildman–Crippen LogP) is 2.77. The molecule has 0 saturated carbocycles. The molecule has 8 N–H and O–H groups in total. The number of aldehydes is 1. The van der Waals surface area contributed by atoms with Crippen molar-refractivity contribution in [1.29, 1.82) is 0 Å². The van der Waals surface area contributed by atoms with Crippen molar-refractivity contribution in [2.75, 3.05) is 72.5 Å². The van der Waals surface area contributed by atoms with Crippen molar-refractivity contribution < 1.29 is 62.7 Å². The second kappa shape index (κ2) is 41.0. The highest BCUT2D eigenvalue weighted by atomic mass is 16.5. The van der Waals surface area contributed by atoms with Crippen LogP contribution in [0.3, 0.4) is 0 Å². The van der Waals surface area contributed by atoms with Crippen LogP contribution < -0.4 is 27.0 Å². The lowest BCUT2D eigenvalue weighted by Crippen LogP contribution is -2.41. The minimum absolute atomic E-state index is 0.0269. The van der Waals surface area contributed by atoms with Crippen LogP contribution in [-0.2, 0) is 52.5 Å². The number of carbonyl (C=O) groups is 7. The Labute approximate surface area is 350 Å². The molecule has 4 amide bonds. The molecule has 0 aromatic rings. The van der Waals surface area contributed by atoms with E-state index in [2.05, 4.69) is 21.3 Å². The molecule has 0 aliphatic rings. The molecule has 0 unspecified atom stereocenters. The van der Waals surface area contributed by atoms with Gasteiger partial charge in [0.2, 0.25) is 23.6 Å². The molecule has 342 valence electrons. The number of nitrogens with two attached hydrogens (primary N) is 1. The molecule has 0 aromatic carbocycles. The fourth-order valence-electron chi connectivity index (χ4n) is 5.77. The van der Waals surface area contributed by atoms with Gasteiger partial charge in [-0.3, -0.25) is 24.0 Å². The lowest BCUT2D eigenvalue weighted by atomic mass is 10.0. The van der Waals surface area contributed by atoms with Gasteiger partial charge in [-0.05, 0) is 38.5 Å². The summed E-state index contributed by atoms with van der Waals surface area (Å²) in [6.45, 7) is 2.03. The summed E-state index contributed by atoms with van der Waals surface area (Å²) in [5.41, 5.74) is 5.51. The number of aliphatic carboxylic acids is 2. The fourth-order valence-corrected chi connectivity index (χ4v) is 5.77. The van der Waals surface area contributed by atoms with Crippen LogP contribution >= 0.6 is 0 Å². The zero-order chi connectivity index (χ0) is 43.6. The van der Waals surface area contributed by atoms with E-state index in [-0.39, 0.29) is 115 Å². The van der Waals surface area contributed by atoms with E-state index in [0.717, 1.165) is 51.4 Å². The molecule has 0 radical (unpaired) electrons. The van der Waals surface area contributed by atoms with Gasteiger partial charge in [-0.2, -0.15) is 0 Å². The van der Waals surface area contributed by atoms with E-state index >= 15 is 0 Å². The minimum atomic E-state index is -1.18. The summed E-state index contributed by atoms with van der Waals surface area (Å²) in [5.74, 6) is -3.15. The Morgan fingerprint density at radius 2 is 0.915 bits per heavy atom. The zero-order valence-corrected chi connectivity index (χ0v) is 35.3. The summed E-state index contributed by atoms with van der Waals surface area (Å²) in [6.07, 6.45) is 18.2. The monoisotopic (exact) mass is 846 g/mol. The quantitative estimate of drug-likeness (QED) is 0.0344. The van der Waals surface area contributed by atoms with E-state index in [1.165, 1.54) is 44.9 Å². The van der Waals surface area contributed by atoms with Gasteiger partial charge in [0.25, 0.3) is 0 Å². The molecule has 0 rings (SSSR count). The van der Waals surface area contributed by atoms with Crippen LogP contribution in [0.5, 0.6) is 0 Å². The largest absolute Gasteiger partial charge is 0.481 e. The van der Waals surface area contributed by atoms with E-state index in [4.69, 9.17) is 29.8 Å². The van der Waals surface area contributed by atoms with Crippen molar-refractivity contribution in [3.05, 3.63) is 0 Å². The highest BCUT2D eigenvalue weighted by Gasteiger charge is 2.20. The Morgan fingerprint density at radius 1 is 0.475 bits per heavy atom. The number of carbonyl (C=O) groups excluding carboxylic acids is 5. The Kier molecular flexibility index (Phi) is 38.5. The first-order chi connectivity index (χ1) is 28.5. The van der Waals surface area contributed by atoms with Gasteiger partial charge in [0.1, 0.15) is 25.5 Å². The smallest absolute Gasteiger partial charge is 0.326 e. The minimum Gasteiger partial charge on any atom is -0.481 e. The summed E-state index contributed by atoms with van der Waals surface area (Å²) in [6, 6.07) is -1.60. The third kappa shape index (κ3) is 40.8. The van der Waals surface area contributed by atoms with Crippen molar-refractivity contribution in [3.63, 3.8) is 0 Å². The van der Waals surface area contributed by atoms with Gasteiger partial charge in [-0.15, -0.1) is 0 Å². The van der Waals surface area contributed by atoms with Crippen molar-refractivity contribution in [2.45, 2.75) is 147 Å². The number of ether oxygens (including phenoxy) is 4. The van der Waals surface area contributed by atoms with Crippen LogP contribution in [0.4, 0.5) is 0 Å². The lowest BCUT2D eigenvalue weighted by Gasteiger charge is -2.14. The Morgan fingerprint density at radius 3 is 1.39 bits per heavy atom. The number of rotatable bonds is 44. The van der Waals surface area contributed by atoms with Crippen LogP contribution in [-0.4, -0.2) is 137 Å². The number of carboxylic acid groups (broad SMARTS) is 2. The third-order valence-electron chi connectivity index (χ3n) is 9.15. The molecule has 0 aromatic heterocycles. The highest BCUT2D eigenvalue weighted by molar-refractivity contribution is 5.84. The van der Waals surface area contributed by atoms with Crippen LogP contribution in [0.25, 0.3) is 0 Å². The fraction of sp³-hybridized carbons (Fsp3) is 0.829. The molecule has 0 aliphatic heterocycles. The standard InChI is InChI=1S/C41H75N5O13/c42-34(31-47)17-15-16-22-43-38(50)32-58-29-28-57-26-24-45-39(51)33-59-30-27-56-25-23-44-36(48)21-20-35(41(54)55)46-37(49)18-13-11-9-7-5-3-1-2-4-6-8-10-12-14-19-40(52)53/h31,34-35H,1-30,32-33,42H2,(H,43,50)(H,44,48)(H,45,51)(H,46,49)(H,52,53)(H,54,55)/t34-,35-/m0/s1. The van der Waals surface area contributed by atoms with Crippen molar-refractivity contribution in [2.24, 2.45) is 5.73 Å². The van der Waals surface area contributed by atoms with Gasteiger partial charge in [-0.25, -0.2) is 4.79 Å². The molecule has 18 nitrogen and oxygen atoms in total. The van der Waals surface area contributed by atoms with Gasteiger partial charge < -0.3 is 61.0 Å². The maximum atomic E-state index is 12.3. The summed E-state index contributed by atoms with van der Waals surface area (Å²) >= 11 is 0. The Hall–Kier alpha value is -3.71. The molecule has 0 heterocycles. The predicted molar refractivity (Wildman–Crippen MR) is 221 cm³/mol. The average molecular weight is 846 g/mol. The molecule has 0 aliphatic carbocycles. The van der Waals surface area contributed by atoms with Crippen LogP contribution in [0.1, 0.15) is 135 Å². The van der Waals surface area contributed by atoms with E-state index in [1.54, 1.807) is 0 Å². The van der Waals surface area contributed by atoms with Crippen molar-refractivity contribution in [1.82, 2.24) is 21.3 Å². The second-order valence-electron chi connectivity index (χ2n) is 14.5. The SMILES string of the molecule is N[C@H](C=O)CCCCNC(=O)COCCOCCNC(=O)COCCOCCNC(=O)CC[C@H](NC(=O)CCCCCCCCCCCCCCCCC(=O)O)C(=O)O. The van der Waals surface area contributed by atoms with E-state index < -0.39 is 24.0 Å². The van der Waals surface area contributed by atoms with Gasteiger partial charge in [-0.1, -0.05) is 77.0 Å². The summed E-state index contributed by atoms with van der Waals surface area (Å²) < 4.78 is 21.3. The Bertz CT molecular complexity index is 1130. The molecule has 0 spiro atoms. The number of nitrogens with one attached hydrogen (secondary N) is 4. The van der Waals surface area contributed by atoms with Crippen molar-refractivity contribution in [3.8, 4) is 0 Å². The molecule has 2 atom stereocenters. The van der Waals surface area contributed by atoms with Crippen LogP contribution in [0, 0.1) is 0 Å². The normalized spacial score (nSPS) is 12.0. The third-order valence-corrected chi connectivity index (χ3v) is 9.15. The van der Waals surface area contributed by atoms with Crippen LogP contribution in [0.2, 0.25) is 0 Å². The lowest BCUT2D eigenvalue weighted by molar-refractivity contribution is -0.142. The van der Waals surface area contributed by atoms with Gasteiger partial charge >= 0.3 is 11.9 Å². The summed E-state index contributed by atoms with van der Waals surface area (Å²) in [4.78, 5) is 80.7. The summed E-state index contributed by atoms with van der Waals surface area (Å²) in [7, 11) is 0. The molecule has 59 heavy (non-hydrogen) atoms. The van der Waals surface area contributed by atoms with E-state index in [1.807, 2.05) is 0 Å². The van der Waals surface area contributed by atoms with E-state index in [9.17, 15) is 38.7 Å². The number of amides is 4. The molecule has 0 bridgehead atoms. The summed E-state index contributed by atoms with van der Waals surface area (Å²) in [5, 5.41) is 28.7. The maximum absolute atomic E-state index is 12.3. The number of carboxylic acids is 2. The zero-order valence-electron chi connectivity index (χ0n) is 35.3. The first kappa shape index (κ1) is 55.3. The van der Waals surface area contributed by atoms with Gasteiger partial charge in [0.15, 0.2) is 0 Å². The number of hydrogen-bond acceptors (Lipinski definition) is 12. The number of hydrogen-bond donors (Lipinski definition) is 7. The average Bonchev–Trinajstić information content (AvgIpc) is 3.20. The molecule has 0 fully saturated rings.